The summed E-state index contributed by atoms with van der Waals surface area (Å²) in [6.07, 6.45) is 9.04. The van der Waals surface area contributed by atoms with E-state index in [4.69, 9.17) is 0 Å². The Bertz CT molecular complexity index is 860. The molecule has 1 amide bonds. The number of amides is 1. The van der Waals surface area contributed by atoms with Gasteiger partial charge in [-0.2, -0.15) is 0 Å². The number of benzene rings is 1. The predicted molar refractivity (Wildman–Crippen MR) is 134 cm³/mol. The first kappa shape index (κ1) is 25.5. The Labute approximate surface area is 202 Å². The quantitative estimate of drug-likeness (QED) is 0.311. The van der Waals surface area contributed by atoms with E-state index in [0.717, 1.165) is 54.8 Å². The van der Waals surface area contributed by atoms with Gasteiger partial charge in [0.25, 0.3) is 5.91 Å². The predicted octanol–water partition coefficient (Wildman–Crippen LogP) is 5.42. The van der Waals surface area contributed by atoms with Crippen LogP contribution in [0.4, 0.5) is 0 Å². The standard InChI is InChI=1S/C26H39N3O3S/c1-5-6-10-17-29-18(2)22(24(30)27-20-11-8-7-9-12-20)28-23(29)19-13-15-21(16-14-19)33-26(3,4)25(31)32/h13-16,20,23,28H,5-12,17H2,1-4H3,(H,27,30)(H,31,32). The summed E-state index contributed by atoms with van der Waals surface area (Å²) in [5, 5.41) is 16.2. The molecule has 1 saturated carbocycles. The summed E-state index contributed by atoms with van der Waals surface area (Å²) in [5.74, 6) is -0.831. The lowest BCUT2D eigenvalue weighted by Gasteiger charge is -2.28. The molecule has 182 valence electrons. The molecule has 7 heteroatoms. The first-order valence-corrected chi connectivity index (χ1v) is 13.1. The fourth-order valence-corrected chi connectivity index (χ4v) is 5.49. The van der Waals surface area contributed by atoms with Crippen LogP contribution in [0.25, 0.3) is 0 Å². The first-order valence-electron chi connectivity index (χ1n) is 12.3. The van der Waals surface area contributed by atoms with E-state index in [1.165, 1.54) is 31.0 Å². The highest BCUT2D eigenvalue weighted by Gasteiger charge is 2.34. The van der Waals surface area contributed by atoms with Gasteiger partial charge in [0.05, 0.1) is 0 Å². The molecule has 0 radical (unpaired) electrons. The highest BCUT2D eigenvalue weighted by molar-refractivity contribution is 8.01. The number of nitrogens with zero attached hydrogens (tertiary/aromatic N) is 1. The van der Waals surface area contributed by atoms with Gasteiger partial charge in [-0.25, -0.2) is 0 Å². The van der Waals surface area contributed by atoms with Crippen molar-refractivity contribution >= 4 is 23.6 Å². The van der Waals surface area contributed by atoms with Crippen LogP contribution in [0.1, 0.15) is 90.8 Å². The molecule has 6 nitrogen and oxygen atoms in total. The topological polar surface area (TPSA) is 81.7 Å². The number of carbonyl (C=O) groups is 2. The minimum absolute atomic E-state index is 0.00206. The zero-order chi connectivity index (χ0) is 24.0. The van der Waals surface area contributed by atoms with E-state index in [2.05, 4.69) is 22.5 Å². The summed E-state index contributed by atoms with van der Waals surface area (Å²) in [6.45, 7) is 8.55. The molecule has 1 aliphatic heterocycles. The molecule has 0 aromatic heterocycles. The number of thioether (sulfide) groups is 1. The number of carboxylic acids is 1. The third kappa shape index (κ3) is 6.46. The zero-order valence-corrected chi connectivity index (χ0v) is 21.3. The Hall–Kier alpha value is -2.15. The Balaban J connectivity index is 1.75. The Morgan fingerprint density at radius 3 is 2.42 bits per heavy atom. The van der Waals surface area contributed by atoms with E-state index in [1.54, 1.807) is 13.8 Å². The maximum Gasteiger partial charge on any atom is 0.319 e. The minimum Gasteiger partial charge on any atom is -0.480 e. The van der Waals surface area contributed by atoms with Crippen LogP contribution in [0.5, 0.6) is 0 Å². The summed E-state index contributed by atoms with van der Waals surface area (Å²) in [5.41, 5.74) is 2.74. The van der Waals surface area contributed by atoms with Gasteiger partial charge >= 0.3 is 5.97 Å². The van der Waals surface area contributed by atoms with Gasteiger partial charge in [0.1, 0.15) is 16.6 Å². The van der Waals surface area contributed by atoms with Crippen molar-refractivity contribution in [2.24, 2.45) is 0 Å². The summed E-state index contributed by atoms with van der Waals surface area (Å²) in [4.78, 5) is 27.8. The molecule has 3 rings (SSSR count). The monoisotopic (exact) mass is 473 g/mol. The van der Waals surface area contributed by atoms with Gasteiger partial charge in [-0.05, 0) is 57.7 Å². The average Bonchev–Trinajstić information content (AvgIpc) is 3.11. The van der Waals surface area contributed by atoms with E-state index in [0.29, 0.717) is 5.70 Å². The molecule has 0 saturated heterocycles. The van der Waals surface area contributed by atoms with Crippen molar-refractivity contribution in [3.05, 3.63) is 41.2 Å². The van der Waals surface area contributed by atoms with Gasteiger partial charge in [-0.3, -0.25) is 9.59 Å². The third-order valence-corrected chi connectivity index (χ3v) is 7.83. The van der Waals surface area contributed by atoms with Crippen LogP contribution in [0.2, 0.25) is 0 Å². The highest BCUT2D eigenvalue weighted by Crippen LogP contribution is 2.36. The lowest BCUT2D eigenvalue weighted by atomic mass is 9.95. The molecule has 1 aromatic carbocycles. The summed E-state index contributed by atoms with van der Waals surface area (Å²) in [6, 6.07) is 8.31. The Kier molecular flexibility index (Phi) is 8.74. The van der Waals surface area contributed by atoms with Crippen LogP contribution < -0.4 is 10.6 Å². The fourth-order valence-electron chi connectivity index (χ4n) is 4.54. The van der Waals surface area contributed by atoms with E-state index >= 15 is 0 Å². The number of hydrogen-bond donors (Lipinski definition) is 3. The largest absolute Gasteiger partial charge is 0.480 e. The second-order valence-corrected chi connectivity index (χ2v) is 11.4. The number of rotatable bonds is 10. The van der Waals surface area contributed by atoms with Crippen molar-refractivity contribution < 1.29 is 14.7 Å². The fraction of sp³-hybridized carbons (Fsp3) is 0.615. The molecule has 0 bridgehead atoms. The van der Waals surface area contributed by atoms with E-state index < -0.39 is 10.7 Å². The number of nitrogens with one attached hydrogen (secondary N) is 2. The molecule has 1 aromatic rings. The van der Waals surface area contributed by atoms with E-state index in [9.17, 15) is 14.7 Å². The van der Waals surface area contributed by atoms with Crippen LogP contribution in [0, 0.1) is 0 Å². The molecule has 3 N–H and O–H groups in total. The van der Waals surface area contributed by atoms with Gasteiger partial charge in [0, 0.05) is 23.2 Å². The molecule has 1 heterocycles. The Morgan fingerprint density at radius 1 is 1.15 bits per heavy atom. The van der Waals surface area contributed by atoms with Gasteiger partial charge < -0.3 is 20.6 Å². The van der Waals surface area contributed by atoms with Gasteiger partial charge in [-0.15, -0.1) is 11.8 Å². The minimum atomic E-state index is -0.887. The van der Waals surface area contributed by atoms with Crippen LogP contribution in [-0.4, -0.2) is 39.2 Å². The van der Waals surface area contributed by atoms with Crippen LogP contribution in [0.15, 0.2) is 40.6 Å². The second kappa shape index (κ2) is 11.3. The van der Waals surface area contributed by atoms with Crippen LogP contribution in [0.3, 0.4) is 0 Å². The van der Waals surface area contributed by atoms with Crippen molar-refractivity contribution in [3.63, 3.8) is 0 Å². The number of allylic oxidation sites excluding steroid dienone is 1. The molecular formula is C26H39N3O3S. The van der Waals surface area contributed by atoms with E-state index in [-0.39, 0.29) is 18.1 Å². The lowest BCUT2D eigenvalue weighted by Crippen LogP contribution is -2.39. The molecule has 0 spiro atoms. The Morgan fingerprint density at radius 2 is 1.82 bits per heavy atom. The zero-order valence-electron chi connectivity index (χ0n) is 20.4. The number of carbonyl (C=O) groups excluding carboxylic acids is 1. The van der Waals surface area contributed by atoms with Gasteiger partial charge in [-0.1, -0.05) is 51.2 Å². The molecule has 1 unspecified atom stereocenters. The maximum atomic E-state index is 13.1. The smallest absolute Gasteiger partial charge is 0.319 e. The number of carboxylic acid groups (broad SMARTS) is 1. The SMILES string of the molecule is CCCCCN1C(C)=C(C(=O)NC2CCCCC2)NC1c1ccc(SC(C)(C)C(=O)O)cc1. The van der Waals surface area contributed by atoms with E-state index in [1.807, 2.05) is 31.2 Å². The number of hydrogen-bond acceptors (Lipinski definition) is 5. The normalized spacial score (nSPS) is 19.5. The lowest BCUT2D eigenvalue weighted by molar-refractivity contribution is -0.138. The summed E-state index contributed by atoms with van der Waals surface area (Å²) in [7, 11) is 0. The van der Waals surface area contributed by atoms with Gasteiger partial charge in [0.2, 0.25) is 0 Å². The van der Waals surface area contributed by atoms with Crippen LogP contribution >= 0.6 is 11.8 Å². The molecule has 33 heavy (non-hydrogen) atoms. The highest BCUT2D eigenvalue weighted by atomic mass is 32.2. The average molecular weight is 474 g/mol. The molecule has 1 fully saturated rings. The van der Waals surface area contributed by atoms with Crippen LogP contribution in [-0.2, 0) is 9.59 Å². The first-order chi connectivity index (χ1) is 15.7. The molecular weight excluding hydrogens is 434 g/mol. The van der Waals surface area contributed by atoms with Crippen molar-refractivity contribution in [3.8, 4) is 0 Å². The summed E-state index contributed by atoms with van der Waals surface area (Å²) < 4.78 is -0.887. The van der Waals surface area contributed by atoms with Crippen molar-refractivity contribution in [2.45, 2.75) is 101 Å². The van der Waals surface area contributed by atoms with Crippen molar-refractivity contribution in [2.75, 3.05) is 6.54 Å². The van der Waals surface area contributed by atoms with Crippen molar-refractivity contribution in [1.29, 1.82) is 0 Å². The molecule has 1 aliphatic carbocycles. The second-order valence-electron chi connectivity index (χ2n) is 9.70. The van der Waals surface area contributed by atoms with Crippen molar-refractivity contribution in [1.82, 2.24) is 15.5 Å². The molecule has 2 aliphatic rings. The number of unbranched alkanes of at least 4 members (excludes halogenated alkanes) is 2. The summed E-state index contributed by atoms with van der Waals surface area (Å²) >= 11 is 1.34. The number of aliphatic carboxylic acids is 1. The third-order valence-electron chi connectivity index (χ3n) is 6.64. The maximum absolute atomic E-state index is 13.1. The van der Waals surface area contributed by atoms with Gasteiger partial charge in [0.15, 0.2) is 0 Å². The molecule has 1 atom stereocenters.